The molecule has 3 heterocycles. The van der Waals surface area contributed by atoms with Crippen LogP contribution in [0.4, 0.5) is 0 Å². The van der Waals surface area contributed by atoms with E-state index in [0.717, 1.165) is 25.3 Å². The predicted octanol–water partition coefficient (Wildman–Crippen LogP) is 1.65. The van der Waals surface area contributed by atoms with Crippen molar-refractivity contribution >= 4 is 0 Å². The predicted molar refractivity (Wildman–Crippen MR) is 80.5 cm³/mol. The fraction of sp³-hybridized carbons (Fsp3) is 0.667. The van der Waals surface area contributed by atoms with Crippen molar-refractivity contribution in [3.8, 4) is 0 Å². The number of aromatic nitrogens is 4. The molecule has 0 bridgehead atoms. The molecule has 0 amide bonds. The standard InChI is InChI=1S/C15H23N5O2/c1-10-7-11(2)20(18-10)9-14-8-19(5-6-21-14)12(3)15-17-16-13(4)22-15/h7,12,14H,5-6,8-9H2,1-4H3/t12-,14+/m0/s1. The molecule has 120 valence electrons. The Labute approximate surface area is 130 Å². The first-order valence-electron chi connectivity index (χ1n) is 7.69. The Morgan fingerprint density at radius 3 is 2.77 bits per heavy atom. The molecule has 7 nitrogen and oxygen atoms in total. The van der Waals surface area contributed by atoms with Crippen LogP contribution in [-0.2, 0) is 11.3 Å². The lowest BCUT2D eigenvalue weighted by Crippen LogP contribution is -2.45. The van der Waals surface area contributed by atoms with E-state index in [4.69, 9.17) is 9.15 Å². The minimum absolute atomic E-state index is 0.105. The number of nitrogens with zero attached hydrogens (tertiary/aromatic N) is 5. The van der Waals surface area contributed by atoms with Crippen LogP contribution in [0.2, 0.25) is 0 Å². The molecule has 2 atom stereocenters. The second-order valence-electron chi connectivity index (χ2n) is 5.93. The third-order valence-corrected chi connectivity index (χ3v) is 4.10. The minimum atomic E-state index is 0.105. The maximum Gasteiger partial charge on any atom is 0.233 e. The molecule has 7 heteroatoms. The Morgan fingerprint density at radius 1 is 1.32 bits per heavy atom. The number of hydrogen-bond acceptors (Lipinski definition) is 6. The van der Waals surface area contributed by atoms with E-state index in [-0.39, 0.29) is 12.1 Å². The van der Waals surface area contributed by atoms with E-state index < -0.39 is 0 Å². The van der Waals surface area contributed by atoms with Crippen molar-refractivity contribution in [1.82, 2.24) is 24.9 Å². The molecule has 2 aromatic rings. The average Bonchev–Trinajstić information content (AvgIpc) is 3.05. The zero-order valence-electron chi connectivity index (χ0n) is 13.6. The van der Waals surface area contributed by atoms with Crippen LogP contribution in [0.1, 0.15) is 36.1 Å². The molecule has 0 radical (unpaired) electrons. The lowest BCUT2D eigenvalue weighted by molar-refractivity contribution is -0.0530. The monoisotopic (exact) mass is 305 g/mol. The Balaban J connectivity index is 1.65. The zero-order valence-corrected chi connectivity index (χ0v) is 13.6. The maximum absolute atomic E-state index is 5.90. The molecule has 0 aromatic carbocycles. The van der Waals surface area contributed by atoms with Crippen LogP contribution in [0.15, 0.2) is 10.5 Å². The van der Waals surface area contributed by atoms with Gasteiger partial charge in [-0.3, -0.25) is 9.58 Å². The van der Waals surface area contributed by atoms with Gasteiger partial charge in [-0.25, -0.2) is 0 Å². The molecule has 3 rings (SSSR count). The molecular formula is C15H23N5O2. The van der Waals surface area contributed by atoms with Crippen LogP contribution in [0.3, 0.4) is 0 Å². The fourth-order valence-electron chi connectivity index (χ4n) is 2.89. The van der Waals surface area contributed by atoms with Crippen molar-refractivity contribution in [3.63, 3.8) is 0 Å². The summed E-state index contributed by atoms with van der Waals surface area (Å²) in [6.07, 6.45) is 0.123. The van der Waals surface area contributed by atoms with Gasteiger partial charge in [0, 0.05) is 25.7 Å². The lowest BCUT2D eigenvalue weighted by atomic mass is 10.2. The zero-order chi connectivity index (χ0) is 15.7. The third kappa shape index (κ3) is 3.20. The number of hydrogen-bond donors (Lipinski definition) is 0. The Bertz CT molecular complexity index is 636. The van der Waals surface area contributed by atoms with Gasteiger partial charge in [0.25, 0.3) is 0 Å². The molecule has 0 aliphatic carbocycles. The van der Waals surface area contributed by atoms with Gasteiger partial charge in [0.2, 0.25) is 11.8 Å². The lowest BCUT2D eigenvalue weighted by Gasteiger charge is -2.35. The quantitative estimate of drug-likeness (QED) is 0.855. The molecule has 2 aromatic heterocycles. The maximum atomic E-state index is 5.90. The van der Waals surface area contributed by atoms with E-state index in [1.54, 1.807) is 0 Å². The second-order valence-corrected chi connectivity index (χ2v) is 5.93. The highest BCUT2D eigenvalue weighted by Gasteiger charge is 2.28. The smallest absolute Gasteiger partial charge is 0.233 e. The van der Waals surface area contributed by atoms with E-state index in [2.05, 4.69) is 40.1 Å². The molecule has 0 saturated carbocycles. The number of ether oxygens (including phenoxy) is 1. The van der Waals surface area contributed by atoms with E-state index in [1.807, 2.05) is 18.5 Å². The van der Waals surface area contributed by atoms with E-state index >= 15 is 0 Å². The first-order chi connectivity index (χ1) is 10.5. The van der Waals surface area contributed by atoms with Gasteiger partial charge in [0.1, 0.15) is 0 Å². The largest absolute Gasteiger partial charge is 0.424 e. The Hall–Kier alpha value is -1.73. The summed E-state index contributed by atoms with van der Waals surface area (Å²) in [5.41, 5.74) is 2.21. The van der Waals surface area contributed by atoms with Crippen molar-refractivity contribution in [2.75, 3.05) is 19.7 Å². The first kappa shape index (κ1) is 15.2. The highest BCUT2D eigenvalue weighted by Crippen LogP contribution is 2.22. The highest BCUT2D eigenvalue weighted by molar-refractivity contribution is 5.06. The summed E-state index contributed by atoms with van der Waals surface area (Å²) < 4.78 is 13.5. The normalized spacial score (nSPS) is 21.2. The van der Waals surface area contributed by atoms with Crippen LogP contribution in [0.5, 0.6) is 0 Å². The van der Waals surface area contributed by atoms with Crippen LogP contribution >= 0.6 is 0 Å². The average molecular weight is 305 g/mol. The van der Waals surface area contributed by atoms with Gasteiger partial charge in [-0.15, -0.1) is 10.2 Å². The summed E-state index contributed by atoms with van der Waals surface area (Å²) >= 11 is 0. The van der Waals surface area contributed by atoms with Crippen molar-refractivity contribution in [2.45, 2.75) is 46.4 Å². The highest BCUT2D eigenvalue weighted by atomic mass is 16.5. The third-order valence-electron chi connectivity index (χ3n) is 4.10. The molecule has 0 spiro atoms. The van der Waals surface area contributed by atoms with Crippen molar-refractivity contribution in [3.05, 3.63) is 29.2 Å². The second kappa shape index (κ2) is 6.18. The Morgan fingerprint density at radius 2 is 2.14 bits per heavy atom. The number of rotatable bonds is 4. The first-order valence-corrected chi connectivity index (χ1v) is 7.69. The summed E-state index contributed by atoms with van der Waals surface area (Å²) in [4.78, 5) is 2.33. The van der Waals surface area contributed by atoms with E-state index in [1.165, 1.54) is 5.69 Å². The SMILES string of the molecule is Cc1cc(C)n(C[C@H]2CN([C@@H](C)c3nnc(C)o3)CCO2)n1. The van der Waals surface area contributed by atoms with Crippen LogP contribution < -0.4 is 0 Å². The van der Waals surface area contributed by atoms with Gasteiger partial charge in [-0.05, 0) is 26.8 Å². The van der Waals surface area contributed by atoms with Crippen molar-refractivity contribution in [1.29, 1.82) is 0 Å². The summed E-state index contributed by atoms with van der Waals surface area (Å²) in [5.74, 6) is 1.28. The summed E-state index contributed by atoms with van der Waals surface area (Å²) in [7, 11) is 0. The van der Waals surface area contributed by atoms with Gasteiger partial charge in [0.05, 0.1) is 31.0 Å². The molecule has 22 heavy (non-hydrogen) atoms. The fourth-order valence-corrected chi connectivity index (χ4v) is 2.89. The van der Waals surface area contributed by atoms with Crippen molar-refractivity contribution in [2.24, 2.45) is 0 Å². The summed E-state index contributed by atoms with van der Waals surface area (Å²) in [5, 5.41) is 12.6. The molecular weight excluding hydrogens is 282 g/mol. The molecule has 0 unspecified atom stereocenters. The van der Waals surface area contributed by atoms with Crippen LogP contribution in [-0.4, -0.2) is 50.7 Å². The molecule has 0 N–H and O–H groups in total. The van der Waals surface area contributed by atoms with Gasteiger partial charge in [0.15, 0.2) is 0 Å². The molecule has 1 saturated heterocycles. The summed E-state index contributed by atoms with van der Waals surface area (Å²) in [6.45, 7) is 11.2. The Kier molecular flexibility index (Phi) is 4.26. The number of morpholine rings is 1. The van der Waals surface area contributed by atoms with E-state index in [9.17, 15) is 0 Å². The van der Waals surface area contributed by atoms with Gasteiger partial charge in [-0.1, -0.05) is 0 Å². The molecule has 1 aliphatic heterocycles. The van der Waals surface area contributed by atoms with Crippen LogP contribution in [0.25, 0.3) is 0 Å². The van der Waals surface area contributed by atoms with E-state index in [0.29, 0.717) is 18.4 Å². The minimum Gasteiger partial charge on any atom is -0.424 e. The molecule has 1 aliphatic rings. The molecule has 1 fully saturated rings. The van der Waals surface area contributed by atoms with Crippen LogP contribution in [0, 0.1) is 20.8 Å². The number of aryl methyl sites for hydroxylation is 3. The summed E-state index contributed by atoms with van der Waals surface area (Å²) in [6, 6.07) is 2.19. The van der Waals surface area contributed by atoms with Gasteiger partial charge >= 0.3 is 0 Å². The van der Waals surface area contributed by atoms with Gasteiger partial charge < -0.3 is 9.15 Å². The van der Waals surface area contributed by atoms with Crippen molar-refractivity contribution < 1.29 is 9.15 Å². The van der Waals surface area contributed by atoms with Gasteiger partial charge in [-0.2, -0.15) is 5.10 Å². The topological polar surface area (TPSA) is 69.2 Å².